The first-order chi connectivity index (χ1) is 9.99. The summed E-state index contributed by atoms with van der Waals surface area (Å²) in [6.45, 7) is 2.44. The van der Waals surface area contributed by atoms with Crippen molar-refractivity contribution in [3.05, 3.63) is 28.2 Å². The number of aromatic hydroxyl groups is 1. The van der Waals surface area contributed by atoms with E-state index in [9.17, 15) is 15.0 Å². The number of benzene rings is 1. The number of rotatable bonds is 3. The summed E-state index contributed by atoms with van der Waals surface area (Å²) in [5.41, 5.74) is 0.329. The van der Waals surface area contributed by atoms with Gasteiger partial charge in [-0.1, -0.05) is 28.8 Å². The van der Waals surface area contributed by atoms with Crippen molar-refractivity contribution in [2.24, 2.45) is 0 Å². The zero-order valence-electron chi connectivity index (χ0n) is 12.3. The van der Waals surface area contributed by atoms with Crippen LogP contribution in [-0.4, -0.2) is 39.7 Å². The number of hydrogen-bond donors (Lipinski definition) is 2. The normalized spacial score (nSPS) is 20.9. The van der Waals surface area contributed by atoms with Crippen LogP contribution in [0, 0.1) is 0 Å². The lowest BCUT2D eigenvalue weighted by Crippen LogP contribution is -2.41. The summed E-state index contributed by atoms with van der Waals surface area (Å²) in [6, 6.07) is 4.98. The van der Waals surface area contributed by atoms with Gasteiger partial charge in [-0.15, -0.1) is 0 Å². The Morgan fingerprint density at radius 1 is 1.43 bits per heavy atom. The molecule has 1 aromatic carbocycles. The molecule has 1 aliphatic rings. The molecule has 116 valence electrons. The third kappa shape index (κ3) is 4.20. The van der Waals surface area contributed by atoms with Crippen molar-refractivity contribution in [2.45, 2.75) is 51.2 Å². The van der Waals surface area contributed by atoms with Crippen molar-refractivity contribution in [1.29, 1.82) is 0 Å². The Hall–Kier alpha value is -1.07. The average Bonchev–Trinajstić information content (AvgIpc) is 2.63. The molecule has 1 heterocycles. The number of nitrogens with zero attached hydrogens (tertiary/aromatic N) is 1. The number of phenolic OH excluding ortho intramolecular Hbond substituents is 1. The van der Waals surface area contributed by atoms with Gasteiger partial charge in [0.25, 0.3) is 5.91 Å². The molecule has 1 saturated heterocycles. The van der Waals surface area contributed by atoms with Crippen LogP contribution in [0.4, 0.5) is 0 Å². The maximum absolute atomic E-state index is 12.7. The molecule has 1 aromatic rings. The summed E-state index contributed by atoms with van der Waals surface area (Å²) in [7, 11) is 0. The molecule has 0 saturated carbocycles. The van der Waals surface area contributed by atoms with E-state index in [1.54, 1.807) is 19.1 Å². The Morgan fingerprint density at radius 3 is 2.86 bits per heavy atom. The molecule has 5 heteroatoms. The van der Waals surface area contributed by atoms with Crippen LogP contribution in [-0.2, 0) is 0 Å². The fourth-order valence-corrected chi connectivity index (χ4v) is 3.27. The SMILES string of the molecule is CC(O)CC1CCCCCN1C(=O)c1ccc(Br)cc1O. The van der Waals surface area contributed by atoms with Crippen molar-refractivity contribution < 1.29 is 15.0 Å². The van der Waals surface area contributed by atoms with Crippen LogP contribution in [0.2, 0.25) is 0 Å². The summed E-state index contributed by atoms with van der Waals surface area (Å²) in [5.74, 6) is -0.151. The predicted molar refractivity (Wildman–Crippen MR) is 85.4 cm³/mol. The second-order valence-corrected chi connectivity index (χ2v) is 6.66. The molecule has 2 N–H and O–H groups in total. The molecular formula is C16H22BrNO3. The molecule has 1 amide bonds. The third-order valence-electron chi connectivity index (χ3n) is 3.94. The monoisotopic (exact) mass is 355 g/mol. The van der Waals surface area contributed by atoms with Crippen LogP contribution in [0.25, 0.3) is 0 Å². The van der Waals surface area contributed by atoms with Crippen molar-refractivity contribution in [1.82, 2.24) is 4.90 Å². The van der Waals surface area contributed by atoms with Gasteiger partial charge in [0.2, 0.25) is 0 Å². The van der Waals surface area contributed by atoms with Crippen molar-refractivity contribution in [3.63, 3.8) is 0 Å². The van der Waals surface area contributed by atoms with Crippen LogP contribution in [0.1, 0.15) is 49.4 Å². The maximum Gasteiger partial charge on any atom is 0.257 e. The quantitative estimate of drug-likeness (QED) is 0.874. The van der Waals surface area contributed by atoms with Crippen LogP contribution in [0.15, 0.2) is 22.7 Å². The highest BCUT2D eigenvalue weighted by Gasteiger charge is 2.28. The molecule has 2 atom stereocenters. The molecule has 1 fully saturated rings. The Morgan fingerprint density at radius 2 is 2.19 bits per heavy atom. The average molecular weight is 356 g/mol. The first-order valence-electron chi connectivity index (χ1n) is 7.46. The number of halogens is 1. The molecule has 2 unspecified atom stereocenters. The number of carbonyl (C=O) groups is 1. The van der Waals surface area contributed by atoms with Gasteiger partial charge >= 0.3 is 0 Å². The molecule has 0 aliphatic carbocycles. The lowest BCUT2D eigenvalue weighted by molar-refractivity contribution is 0.0604. The number of amides is 1. The Bertz CT molecular complexity index is 504. The molecule has 0 radical (unpaired) electrons. The van der Waals surface area contributed by atoms with E-state index in [0.29, 0.717) is 18.5 Å². The molecule has 0 spiro atoms. The second kappa shape index (κ2) is 7.27. The van der Waals surface area contributed by atoms with E-state index < -0.39 is 6.10 Å². The lowest BCUT2D eigenvalue weighted by atomic mass is 10.0. The topological polar surface area (TPSA) is 60.8 Å². The van der Waals surface area contributed by atoms with E-state index in [0.717, 1.165) is 30.2 Å². The van der Waals surface area contributed by atoms with Crippen molar-refractivity contribution in [3.8, 4) is 5.75 Å². The summed E-state index contributed by atoms with van der Waals surface area (Å²) in [4.78, 5) is 14.6. The van der Waals surface area contributed by atoms with E-state index in [1.807, 2.05) is 4.90 Å². The molecule has 2 rings (SSSR count). The minimum atomic E-state index is -0.429. The third-order valence-corrected chi connectivity index (χ3v) is 4.43. The molecule has 1 aliphatic heterocycles. The Balaban J connectivity index is 2.24. The number of aliphatic hydroxyl groups excluding tert-OH is 1. The minimum absolute atomic E-state index is 0.00517. The van der Waals surface area contributed by atoms with Crippen LogP contribution in [0.5, 0.6) is 5.75 Å². The molecule has 0 aromatic heterocycles. The van der Waals surface area contributed by atoms with E-state index in [1.165, 1.54) is 6.07 Å². The number of likely N-dealkylation sites (tertiary alicyclic amines) is 1. The van der Waals surface area contributed by atoms with E-state index >= 15 is 0 Å². The second-order valence-electron chi connectivity index (χ2n) is 5.75. The maximum atomic E-state index is 12.7. The lowest BCUT2D eigenvalue weighted by Gasteiger charge is -2.31. The van der Waals surface area contributed by atoms with Gasteiger partial charge in [-0.05, 0) is 44.4 Å². The summed E-state index contributed by atoms with van der Waals surface area (Å²) < 4.78 is 0.743. The highest BCUT2D eigenvalue weighted by molar-refractivity contribution is 9.10. The number of aliphatic hydroxyl groups is 1. The largest absolute Gasteiger partial charge is 0.507 e. The van der Waals surface area contributed by atoms with Crippen LogP contribution < -0.4 is 0 Å². The molecule has 4 nitrogen and oxygen atoms in total. The first-order valence-corrected chi connectivity index (χ1v) is 8.26. The van der Waals surface area contributed by atoms with Crippen LogP contribution >= 0.6 is 15.9 Å². The predicted octanol–water partition coefficient (Wildman–Crippen LogP) is 3.31. The number of hydrogen-bond acceptors (Lipinski definition) is 3. The zero-order chi connectivity index (χ0) is 15.4. The highest BCUT2D eigenvalue weighted by atomic mass is 79.9. The molecular weight excluding hydrogens is 334 g/mol. The Labute approximate surface area is 133 Å². The molecule has 21 heavy (non-hydrogen) atoms. The first kappa shape index (κ1) is 16.3. The van der Waals surface area contributed by atoms with Gasteiger partial charge in [-0.25, -0.2) is 0 Å². The van der Waals surface area contributed by atoms with Gasteiger partial charge in [-0.2, -0.15) is 0 Å². The molecule has 0 bridgehead atoms. The summed E-state index contributed by atoms with van der Waals surface area (Å²) in [6.07, 6.45) is 4.22. The van der Waals surface area contributed by atoms with Gasteiger partial charge in [0.1, 0.15) is 5.75 Å². The van der Waals surface area contributed by atoms with Gasteiger partial charge in [0.15, 0.2) is 0 Å². The highest BCUT2D eigenvalue weighted by Crippen LogP contribution is 2.27. The Kier molecular flexibility index (Phi) is 5.65. The van der Waals surface area contributed by atoms with Gasteiger partial charge < -0.3 is 15.1 Å². The van der Waals surface area contributed by atoms with Crippen molar-refractivity contribution in [2.75, 3.05) is 6.54 Å². The number of phenols is 1. The standard InChI is InChI=1S/C16H22BrNO3/c1-11(19)9-13-5-3-2-4-8-18(13)16(21)14-7-6-12(17)10-15(14)20/h6-7,10-11,13,19-20H,2-5,8-9H2,1H3. The fourth-order valence-electron chi connectivity index (χ4n) is 2.92. The number of carbonyl (C=O) groups excluding carboxylic acids is 1. The van der Waals surface area contributed by atoms with Gasteiger partial charge in [-0.3, -0.25) is 4.79 Å². The summed E-state index contributed by atoms with van der Waals surface area (Å²) in [5, 5.41) is 19.7. The van der Waals surface area contributed by atoms with Gasteiger partial charge in [0.05, 0.1) is 11.7 Å². The minimum Gasteiger partial charge on any atom is -0.507 e. The van der Waals surface area contributed by atoms with Crippen LogP contribution in [0.3, 0.4) is 0 Å². The zero-order valence-corrected chi connectivity index (χ0v) is 13.8. The van der Waals surface area contributed by atoms with E-state index in [-0.39, 0.29) is 17.7 Å². The summed E-state index contributed by atoms with van der Waals surface area (Å²) >= 11 is 3.28. The smallest absolute Gasteiger partial charge is 0.257 e. The van der Waals surface area contributed by atoms with E-state index in [4.69, 9.17) is 0 Å². The fraction of sp³-hybridized carbons (Fsp3) is 0.562. The van der Waals surface area contributed by atoms with Crippen molar-refractivity contribution >= 4 is 21.8 Å². The van der Waals surface area contributed by atoms with E-state index in [2.05, 4.69) is 15.9 Å². The van der Waals surface area contributed by atoms with Gasteiger partial charge in [0, 0.05) is 17.1 Å².